The molecule has 0 N–H and O–H groups in total. The van der Waals surface area contributed by atoms with Crippen molar-refractivity contribution in [2.24, 2.45) is 5.10 Å². The van der Waals surface area contributed by atoms with E-state index in [1.807, 2.05) is 30.3 Å². The Morgan fingerprint density at radius 2 is 1.76 bits per heavy atom. The smallest absolute Gasteiger partial charge is 0.409 e. The molecule has 1 atom stereocenters. The highest BCUT2D eigenvalue weighted by molar-refractivity contribution is 6.03. The number of aryl methyl sites for hydroxylation is 2. The predicted octanol–water partition coefficient (Wildman–Crippen LogP) is 3.76. The van der Waals surface area contributed by atoms with Crippen molar-refractivity contribution in [1.82, 2.24) is 14.8 Å². The van der Waals surface area contributed by atoms with Crippen LogP contribution in [0.2, 0.25) is 0 Å². The number of piperazine rings is 1. The largest absolute Gasteiger partial charge is 0.450 e. The van der Waals surface area contributed by atoms with E-state index in [2.05, 4.69) is 36.9 Å². The zero-order chi connectivity index (χ0) is 23.4. The summed E-state index contributed by atoms with van der Waals surface area (Å²) in [5, 5.41) is 6.49. The fourth-order valence-electron chi connectivity index (χ4n) is 4.47. The van der Waals surface area contributed by atoms with Crippen LogP contribution in [0.3, 0.4) is 0 Å². The van der Waals surface area contributed by atoms with E-state index in [-0.39, 0.29) is 24.6 Å². The molecule has 2 amide bonds. The number of hydrogen-bond donors (Lipinski definition) is 0. The number of nitrogens with zero attached hydrogens (tertiary/aromatic N) is 4. The molecule has 2 aliphatic rings. The first-order chi connectivity index (χ1) is 16.0. The van der Waals surface area contributed by atoms with E-state index in [1.165, 1.54) is 5.56 Å². The van der Waals surface area contributed by atoms with Crippen LogP contribution in [0.4, 0.5) is 4.79 Å². The Morgan fingerprint density at radius 3 is 2.45 bits per heavy atom. The molecule has 2 aliphatic heterocycles. The molecular formula is C26H32N4O3. The van der Waals surface area contributed by atoms with E-state index in [0.717, 1.165) is 22.4 Å². The van der Waals surface area contributed by atoms with E-state index in [4.69, 9.17) is 9.84 Å². The minimum atomic E-state index is -0.282. The zero-order valence-electron chi connectivity index (χ0n) is 19.7. The average Bonchev–Trinajstić information content (AvgIpc) is 3.27. The average molecular weight is 449 g/mol. The SMILES string of the molecule is CCOC(=O)N1CCN(CC(=O)N2N=C(c3ccccc3)CC2c2cc(C)ccc2C)CC1. The molecule has 0 radical (unpaired) electrons. The van der Waals surface area contributed by atoms with E-state index in [1.54, 1.807) is 16.8 Å². The molecule has 174 valence electrons. The first kappa shape index (κ1) is 23.0. The summed E-state index contributed by atoms with van der Waals surface area (Å²) in [6, 6.07) is 16.3. The van der Waals surface area contributed by atoms with E-state index in [9.17, 15) is 9.59 Å². The zero-order valence-corrected chi connectivity index (χ0v) is 19.7. The van der Waals surface area contributed by atoms with Crippen molar-refractivity contribution in [2.75, 3.05) is 39.3 Å². The number of carbonyl (C=O) groups excluding carboxylic acids is 2. The van der Waals surface area contributed by atoms with Gasteiger partial charge in [-0.05, 0) is 37.5 Å². The first-order valence-corrected chi connectivity index (χ1v) is 11.6. The van der Waals surface area contributed by atoms with Crippen LogP contribution in [0.5, 0.6) is 0 Å². The number of amides is 2. The van der Waals surface area contributed by atoms with Crippen molar-refractivity contribution in [2.45, 2.75) is 33.2 Å². The molecular weight excluding hydrogens is 416 g/mol. The molecule has 7 nitrogen and oxygen atoms in total. The van der Waals surface area contributed by atoms with E-state index < -0.39 is 0 Å². The maximum absolute atomic E-state index is 13.5. The van der Waals surface area contributed by atoms with Gasteiger partial charge in [0.25, 0.3) is 5.91 Å². The normalized spacial score (nSPS) is 18.9. The minimum Gasteiger partial charge on any atom is -0.450 e. The highest BCUT2D eigenvalue weighted by Gasteiger charge is 2.35. The quantitative estimate of drug-likeness (QED) is 0.699. The van der Waals surface area contributed by atoms with Gasteiger partial charge in [0.05, 0.1) is 24.9 Å². The third-order valence-electron chi connectivity index (χ3n) is 6.32. The summed E-state index contributed by atoms with van der Waals surface area (Å²) in [6.07, 6.45) is 0.409. The lowest BCUT2D eigenvalue weighted by Crippen LogP contribution is -2.51. The van der Waals surface area contributed by atoms with Crippen molar-refractivity contribution in [3.8, 4) is 0 Å². The van der Waals surface area contributed by atoms with Gasteiger partial charge in [-0.25, -0.2) is 9.80 Å². The number of carbonyl (C=O) groups is 2. The molecule has 1 fully saturated rings. The van der Waals surface area contributed by atoms with E-state index >= 15 is 0 Å². The fraction of sp³-hybridized carbons (Fsp3) is 0.423. The van der Waals surface area contributed by atoms with E-state index in [0.29, 0.717) is 39.2 Å². The Bertz CT molecular complexity index is 1030. The van der Waals surface area contributed by atoms with Crippen molar-refractivity contribution in [3.05, 3.63) is 70.8 Å². The summed E-state index contributed by atoms with van der Waals surface area (Å²) in [7, 11) is 0. The van der Waals surface area contributed by atoms with Gasteiger partial charge in [-0.3, -0.25) is 9.69 Å². The maximum Gasteiger partial charge on any atom is 0.409 e. The first-order valence-electron chi connectivity index (χ1n) is 11.6. The molecule has 7 heteroatoms. The highest BCUT2D eigenvalue weighted by atomic mass is 16.6. The van der Waals surface area contributed by atoms with Gasteiger partial charge >= 0.3 is 6.09 Å². The highest BCUT2D eigenvalue weighted by Crippen LogP contribution is 2.35. The maximum atomic E-state index is 13.5. The summed E-state index contributed by atoms with van der Waals surface area (Å²) < 4.78 is 5.09. The van der Waals surface area contributed by atoms with Gasteiger partial charge in [0.2, 0.25) is 0 Å². The molecule has 1 saturated heterocycles. The van der Waals surface area contributed by atoms with Crippen LogP contribution < -0.4 is 0 Å². The summed E-state index contributed by atoms with van der Waals surface area (Å²) in [5.74, 6) is -0.0172. The number of benzene rings is 2. The second-order valence-electron chi connectivity index (χ2n) is 8.69. The van der Waals surface area contributed by atoms with Gasteiger partial charge in [0, 0.05) is 32.6 Å². The Morgan fingerprint density at radius 1 is 1.03 bits per heavy atom. The molecule has 1 unspecified atom stereocenters. The standard InChI is InChI=1S/C26H32N4O3/c1-4-33-26(32)29-14-12-28(13-15-29)18-25(31)30-24(22-16-19(2)10-11-20(22)3)17-23(27-30)21-8-6-5-7-9-21/h5-11,16,24H,4,12-15,17-18H2,1-3H3. The number of ether oxygens (including phenoxy) is 1. The molecule has 0 saturated carbocycles. The lowest BCUT2D eigenvalue weighted by molar-refractivity contribution is -0.134. The van der Waals surface area contributed by atoms with Crippen LogP contribution >= 0.6 is 0 Å². The van der Waals surface area contributed by atoms with Gasteiger partial charge in [-0.2, -0.15) is 5.10 Å². The number of rotatable bonds is 5. The molecule has 2 aromatic carbocycles. The predicted molar refractivity (Wildman–Crippen MR) is 128 cm³/mol. The second kappa shape index (κ2) is 10.2. The minimum absolute atomic E-state index is 0.0172. The molecule has 4 rings (SSSR count). The molecule has 2 aromatic rings. The summed E-state index contributed by atoms with van der Waals surface area (Å²) in [6.45, 7) is 9.02. The summed E-state index contributed by atoms with van der Waals surface area (Å²) in [4.78, 5) is 29.2. The Kier molecular flexibility index (Phi) is 7.08. The van der Waals surface area contributed by atoms with Crippen LogP contribution in [0.25, 0.3) is 0 Å². The Labute approximate surface area is 195 Å². The number of hydrazone groups is 1. The third kappa shape index (κ3) is 5.25. The summed E-state index contributed by atoms with van der Waals surface area (Å²) >= 11 is 0. The van der Waals surface area contributed by atoms with Crippen LogP contribution in [0.15, 0.2) is 53.6 Å². The van der Waals surface area contributed by atoms with Crippen LogP contribution in [-0.4, -0.2) is 71.9 Å². The molecule has 0 aromatic heterocycles. The van der Waals surface area contributed by atoms with Crippen LogP contribution in [-0.2, 0) is 9.53 Å². The van der Waals surface area contributed by atoms with Crippen molar-refractivity contribution >= 4 is 17.7 Å². The van der Waals surface area contributed by atoms with Gasteiger partial charge < -0.3 is 9.64 Å². The van der Waals surface area contributed by atoms with Crippen molar-refractivity contribution in [1.29, 1.82) is 0 Å². The fourth-order valence-corrected chi connectivity index (χ4v) is 4.47. The second-order valence-corrected chi connectivity index (χ2v) is 8.69. The molecule has 33 heavy (non-hydrogen) atoms. The monoisotopic (exact) mass is 448 g/mol. The molecule has 0 spiro atoms. The molecule has 0 bridgehead atoms. The van der Waals surface area contributed by atoms with Gasteiger partial charge in [-0.1, -0.05) is 54.1 Å². The van der Waals surface area contributed by atoms with Gasteiger partial charge in [0.15, 0.2) is 0 Å². The molecule has 2 heterocycles. The Balaban J connectivity index is 1.51. The van der Waals surface area contributed by atoms with Crippen molar-refractivity contribution in [3.63, 3.8) is 0 Å². The summed E-state index contributed by atoms with van der Waals surface area (Å²) in [5.41, 5.74) is 5.46. The van der Waals surface area contributed by atoms with Crippen molar-refractivity contribution < 1.29 is 14.3 Å². The topological polar surface area (TPSA) is 65.5 Å². The lowest BCUT2D eigenvalue weighted by atomic mass is 9.94. The van der Waals surface area contributed by atoms with Crippen LogP contribution in [0.1, 0.15) is 41.6 Å². The molecule has 0 aliphatic carbocycles. The number of hydrogen-bond acceptors (Lipinski definition) is 5. The van der Waals surface area contributed by atoms with Gasteiger partial charge in [-0.15, -0.1) is 0 Å². The Hall–Kier alpha value is -3.19. The third-order valence-corrected chi connectivity index (χ3v) is 6.32. The van der Waals surface area contributed by atoms with Crippen LogP contribution in [0, 0.1) is 13.8 Å². The van der Waals surface area contributed by atoms with Gasteiger partial charge in [0.1, 0.15) is 0 Å². The lowest BCUT2D eigenvalue weighted by Gasteiger charge is -2.34.